The standard InChI is InChI=1S/C8H8N2O6S/c1-9(10(13)14)17(15,16)7-4-2-6(3-5-7)8(11)12/h2-5H,1H3,(H,11,12). The van der Waals surface area contributed by atoms with Crippen molar-refractivity contribution in [2.45, 2.75) is 4.90 Å². The Kier molecular flexibility index (Phi) is 3.32. The van der Waals surface area contributed by atoms with Gasteiger partial charge in [0, 0.05) is 0 Å². The van der Waals surface area contributed by atoms with Crippen LogP contribution in [0.15, 0.2) is 29.2 Å². The number of aromatic carboxylic acids is 1. The zero-order valence-corrected chi connectivity index (χ0v) is 9.42. The zero-order chi connectivity index (χ0) is 13.2. The first-order chi connectivity index (χ1) is 7.76. The van der Waals surface area contributed by atoms with Crippen LogP contribution in [0.3, 0.4) is 0 Å². The van der Waals surface area contributed by atoms with Gasteiger partial charge in [0.25, 0.3) is 0 Å². The van der Waals surface area contributed by atoms with E-state index in [1.807, 2.05) is 0 Å². The maximum absolute atomic E-state index is 11.6. The van der Waals surface area contributed by atoms with Gasteiger partial charge in [0.05, 0.1) is 17.5 Å². The molecule has 0 aliphatic carbocycles. The molecule has 1 N–H and O–H groups in total. The lowest BCUT2D eigenvalue weighted by Gasteiger charge is -2.09. The fourth-order valence-electron chi connectivity index (χ4n) is 1.01. The lowest BCUT2D eigenvalue weighted by atomic mass is 10.2. The molecule has 0 saturated carbocycles. The van der Waals surface area contributed by atoms with E-state index in [2.05, 4.69) is 0 Å². The fraction of sp³-hybridized carbons (Fsp3) is 0.125. The third kappa shape index (κ3) is 2.50. The maximum atomic E-state index is 11.6. The van der Waals surface area contributed by atoms with Crippen LogP contribution in [0.5, 0.6) is 0 Å². The molecule has 0 radical (unpaired) electrons. The van der Waals surface area contributed by atoms with Crippen LogP contribution < -0.4 is 0 Å². The van der Waals surface area contributed by atoms with E-state index in [0.29, 0.717) is 0 Å². The highest BCUT2D eigenvalue weighted by Gasteiger charge is 2.28. The number of hydrogen-bond donors (Lipinski definition) is 1. The molecule has 92 valence electrons. The van der Waals surface area contributed by atoms with E-state index in [4.69, 9.17) is 5.11 Å². The minimum atomic E-state index is -4.24. The van der Waals surface area contributed by atoms with Crippen molar-refractivity contribution in [1.82, 2.24) is 4.41 Å². The topological polar surface area (TPSA) is 118 Å². The molecule has 0 saturated heterocycles. The SMILES string of the molecule is CN([N+](=O)[O-])S(=O)(=O)c1ccc(C(=O)O)cc1. The van der Waals surface area contributed by atoms with Crippen molar-refractivity contribution in [2.75, 3.05) is 7.05 Å². The van der Waals surface area contributed by atoms with Crippen molar-refractivity contribution in [3.8, 4) is 0 Å². The Labute approximate surface area is 96.3 Å². The first kappa shape index (κ1) is 12.9. The summed E-state index contributed by atoms with van der Waals surface area (Å²) >= 11 is 0. The summed E-state index contributed by atoms with van der Waals surface area (Å²) in [5.41, 5.74) is -0.104. The molecule has 8 nitrogen and oxygen atoms in total. The Bertz CT molecular complexity index is 550. The molecule has 0 heterocycles. The molecule has 0 atom stereocenters. The monoisotopic (exact) mass is 260 g/mol. The summed E-state index contributed by atoms with van der Waals surface area (Å²) in [6.07, 6.45) is 0. The number of sulfonamides is 1. The van der Waals surface area contributed by atoms with Crippen molar-refractivity contribution in [1.29, 1.82) is 0 Å². The average molecular weight is 260 g/mol. The van der Waals surface area contributed by atoms with E-state index in [9.17, 15) is 23.3 Å². The molecule has 0 aliphatic rings. The van der Waals surface area contributed by atoms with Crippen molar-refractivity contribution in [2.24, 2.45) is 0 Å². The molecule has 0 aromatic heterocycles. The third-order valence-electron chi connectivity index (χ3n) is 1.98. The van der Waals surface area contributed by atoms with Gasteiger partial charge in [-0.05, 0) is 28.7 Å². The van der Waals surface area contributed by atoms with Gasteiger partial charge in [0.2, 0.25) is 0 Å². The van der Waals surface area contributed by atoms with E-state index >= 15 is 0 Å². The average Bonchev–Trinajstić information content (AvgIpc) is 2.27. The smallest absolute Gasteiger partial charge is 0.335 e. The Morgan fingerprint density at radius 2 is 1.82 bits per heavy atom. The van der Waals surface area contributed by atoms with Gasteiger partial charge in [-0.3, -0.25) is 0 Å². The van der Waals surface area contributed by atoms with Crippen LogP contribution in [0.2, 0.25) is 0 Å². The minimum absolute atomic E-state index is 0.0389. The highest BCUT2D eigenvalue weighted by Crippen LogP contribution is 2.15. The van der Waals surface area contributed by atoms with Crippen LogP contribution in [-0.2, 0) is 10.0 Å². The Balaban J connectivity index is 3.17. The summed E-state index contributed by atoms with van der Waals surface area (Å²) in [6, 6.07) is 4.11. The van der Waals surface area contributed by atoms with E-state index in [-0.39, 0.29) is 14.9 Å². The predicted octanol–water partition coefficient (Wildman–Crippen LogP) is 0.197. The maximum Gasteiger partial charge on any atom is 0.335 e. The second kappa shape index (κ2) is 4.37. The van der Waals surface area contributed by atoms with Gasteiger partial charge in [0.15, 0.2) is 5.03 Å². The van der Waals surface area contributed by atoms with Crippen LogP contribution in [0, 0.1) is 10.1 Å². The Morgan fingerprint density at radius 3 is 2.18 bits per heavy atom. The van der Waals surface area contributed by atoms with E-state index in [0.717, 1.165) is 31.3 Å². The summed E-state index contributed by atoms with van der Waals surface area (Å²) in [5, 5.41) is 17.9. The van der Waals surface area contributed by atoms with Gasteiger partial charge in [-0.1, -0.05) is 0 Å². The van der Waals surface area contributed by atoms with Crippen LogP contribution in [0.4, 0.5) is 0 Å². The summed E-state index contributed by atoms with van der Waals surface area (Å²) in [4.78, 5) is 20.5. The van der Waals surface area contributed by atoms with Gasteiger partial charge in [-0.15, -0.1) is 0 Å². The lowest BCUT2D eigenvalue weighted by molar-refractivity contribution is -0.613. The first-order valence-corrected chi connectivity index (χ1v) is 5.67. The molecular formula is C8H8N2O6S. The second-order valence-corrected chi connectivity index (χ2v) is 4.96. The molecule has 1 aromatic carbocycles. The van der Waals surface area contributed by atoms with Crippen LogP contribution in [0.25, 0.3) is 0 Å². The summed E-state index contributed by atoms with van der Waals surface area (Å²) in [6.45, 7) is 0. The van der Waals surface area contributed by atoms with Gasteiger partial charge in [-0.2, -0.15) is 8.42 Å². The quantitative estimate of drug-likeness (QED) is 0.610. The number of hydrazine groups is 1. The Hall–Kier alpha value is -2.16. The molecule has 0 unspecified atom stereocenters. The molecule has 1 aromatic rings. The summed E-state index contributed by atoms with van der Waals surface area (Å²) in [7, 11) is -3.45. The highest BCUT2D eigenvalue weighted by molar-refractivity contribution is 7.89. The molecular weight excluding hydrogens is 252 g/mol. The van der Waals surface area contributed by atoms with E-state index in [1.165, 1.54) is 0 Å². The predicted molar refractivity (Wildman–Crippen MR) is 55.3 cm³/mol. The van der Waals surface area contributed by atoms with Gasteiger partial charge < -0.3 is 5.11 Å². The molecule has 1 rings (SSSR count). The van der Waals surface area contributed by atoms with Crippen LogP contribution in [-0.4, -0.2) is 36.0 Å². The normalized spacial score (nSPS) is 10.9. The van der Waals surface area contributed by atoms with Crippen LogP contribution >= 0.6 is 0 Å². The lowest BCUT2D eigenvalue weighted by Crippen LogP contribution is -2.32. The van der Waals surface area contributed by atoms with E-state index < -0.39 is 21.0 Å². The van der Waals surface area contributed by atoms with E-state index in [1.54, 1.807) is 0 Å². The fourth-order valence-corrected chi connectivity index (χ4v) is 1.97. The number of nitrogens with zero attached hydrogens (tertiary/aromatic N) is 2. The largest absolute Gasteiger partial charge is 0.478 e. The molecule has 0 amide bonds. The minimum Gasteiger partial charge on any atom is -0.478 e. The van der Waals surface area contributed by atoms with Gasteiger partial charge in [0.1, 0.15) is 0 Å². The van der Waals surface area contributed by atoms with Crippen molar-refractivity contribution in [3.63, 3.8) is 0 Å². The van der Waals surface area contributed by atoms with Crippen LogP contribution in [0.1, 0.15) is 10.4 Å². The molecule has 0 aliphatic heterocycles. The van der Waals surface area contributed by atoms with Gasteiger partial charge >= 0.3 is 16.0 Å². The number of carbonyl (C=O) groups is 1. The molecule has 0 fully saturated rings. The van der Waals surface area contributed by atoms with Gasteiger partial charge in [-0.25, -0.2) is 14.9 Å². The van der Waals surface area contributed by atoms with Crippen molar-refractivity contribution >= 4 is 16.0 Å². The summed E-state index contributed by atoms with van der Waals surface area (Å²) in [5.74, 6) is -1.21. The third-order valence-corrected chi connectivity index (χ3v) is 3.67. The second-order valence-electron chi connectivity index (χ2n) is 3.01. The molecule has 9 heteroatoms. The number of carboxylic acids is 1. The number of rotatable bonds is 4. The number of benzene rings is 1. The summed E-state index contributed by atoms with van der Waals surface area (Å²) < 4.78 is 23.1. The molecule has 0 spiro atoms. The Morgan fingerprint density at radius 1 is 1.35 bits per heavy atom. The highest BCUT2D eigenvalue weighted by atomic mass is 32.2. The number of hydrogen-bond acceptors (Lipinski definition) is 5. The number of nitro groups is 1. The number of carboxylic acid groups (broad SMARTS) is 1. The zero-order valence-electron chi connectivity index (χ0n) is 8.60. The molecule has 0 bridgehead atoms. The molecule has 17 heavy (non-hydrogen) atoms. The first-order valence-electron chi connectivity index (χ1n) is 4.23. The van der Waals surface area contributed by atoms with Crippen molar-refractivity contribution < 1.29 is 23.4 Å². The van der Waals surface area contributed by atoms with Crippen molar-refractivity contribution in [3.05, 3.63) is 39.9 Å².